The lowest BCUT2D eigenvalue weighted by Crippen LogP contribution is -2.31. The molecule has 128 valence electrons. The molecule has 1 amide bonds. The van der Waals surface area contributed by atoms with E-state index >= 15 is 0 Å². The first-order valence-electron chi connectivity index (χ1n) is 7.51. The van der Waals surface area contributed by atoms with Crippen LogP contribution in [0.5, 0.6) is 17.2 Å². The molecule has 1 N–H and O–H groups in total. The smallest absolute Gasteiger partial charge is 0.251 e. The fraction of sp³-hybridized carbons (Fsp3) is 0.562. The summed E-state index contributed by atoms with van der Waals surface area (Å²) in [7, 11) is 4.54. The van der Waals surface area contributed by atoms with Gasteiger partial charge in [-0.05, 0) is 18.6 Å². The van der Waals surface area contributed by atoms with E-state index in [9.17, 15) is 4.79 Å². The van der Waals surface area contributed by atoms with Crippen molar-refractivity contribution < 1.29 is 28.5 Å². The first kappa shape index (κ1) is 17.4. The third-order valence-corrected chi connectivity index (χ3v) is 3.49. The van der Waals surface area contributed by atoms with E-state index in [2.05, 4.69) is 5.32 Å². The second-order valence-corrected chi connectivity index (χ2v) is 4.98. The second kappa shape index (κ2) is 8.59. The van der Waals surface area contributed by atoms with Crippen LogP contribution in [0.4, 0.5) is 0 Å². The normalized spacial score (nSPS) is 15.1. The van der Waals surface area contributed by atoms with E-state index in [-0.39, 0.29) is 12.2 Å². The Balaban J connectivity index is 1.98. The van der Waals surface area contributed by atoms with Crippen molar-refractivity contribution in [3.63, 3.8) is 0 Å². The van der Waals surface area contributed by atoms with Crippen LogP contribution >= 0.6 is 0 Å². The molecule has 0 aliphatic carbocycles. The van der Waals surface area contributed by atoms with E-state index in [1.165, 1.54) is 21.3 Å². The quantitative estimate of drug-likeness (QED) is 0.821. The van der Waals surface area contributed by atoms with Gasteiger partial charge in [0.15, 0.2) is 17.8 Å². The molecule has 1 aliphatic rings. The Morgan fingerprint density at radius 1 is 1.13 bits per heavy atom. The Bertz CT molecular complexity index is 502. The lowest BCUT2D eigenvalue weighted by molar-refractivity contribution is -0.180. The van der Waals surface area contributed by atoms with Crippen LogP contribution in [0, 0.1) is 0 Å². The van der Waals surface area contributed by atoms with Gasteiger partial charge in [0.25, 0.3) is 5.91 Å². The van der Waals surface area contributed by atoms with Gasteiger partial charge in [0.2, 0.25) is 5.75 Å². The molecule has 0 atom stereocenters. The molecule has 0 aromatic heterocycles. The molecule has 7 nitrogen and oxygen atoms in total. The molecular formula is C16H23NO6. The van der Waals surface area contributed by atoms with E-state index in [1.807, 2.05) is 0 Å². The topological polar surface area (TPSA) is 75.3 Å². The highest BCUT2D eigenvalue weighted by molar-refractivity contribution is 5.95. The summed E-state index contributed by atoms with van der Waals surface area (Å²) in [6.07, 6.45) is 1.27. The Morgan fingerprint density at radius 2 is 1.74 bits per heavy atom. The lowest BCUT2D eigenvalue weighted by Gasteiger charge is -2.23. The monoisotopic (exact) mass is 325 g/mol. The predicted octanol–water partition coefficient (Wildman–Crippen LogP) is 1.60. The first-order valence-corrected chi connectivity index (χ1v) is 7.51. The lowest BCUT2D eigenvalue weighted by atomic mass is 10.1. The average molecular weight is 325 g/mol. The molecular weight excluding hydrogens is 302 g/mol. The molecule has 1 saturated heterocycles. The van der Waals surface area contributed by atoms with E-state index in [1.54, 1.807) is 12.1 Å². The van der Waals surface area contributed by atoms with E-state index < -0.39 is 0 Å². The van der Waals surface area contributed by atoms with Crippen molar-refractivity contribution in [1.29, 1.82) is 0 Å². The Kier molecular flexibility index (Phi) is 6.49. The summed E-state index contributed by atoms with van der Waals surface area (Å²) in [6.45, 7) is 1.86. The number of carbonyl (C=O) groups is 1. The average Bonchev–Trinajstić information content (AvgIpc) is 2.61. The van der Waals surface area contributed by atoms with Gasteiger partial charge < -0.3 is 29.0 Å². The summed E-state index contributed by atoms with van der Waals surface area (Å²) in [6, 6.07) is 3.23. The maximum absolute atomic E-state index is 12.3. The largest absolute Gasteiger partial charge is 0.493 e. The fourth-order valence-electron chi connectivity index (χ4n) is 2.32. The summed E-state index contributed by atoms with van der Waals surface area (Å²) < 4.78 is 26.6. The van der Waals surface area contributed by atoms with Crippen molar-refractivity contribution in [3.8, 4) is 17.2 Å². The number of amides is 1. The van der Waals surface area contributed by atoms with Crippen LogP contribution in [0.1, 0.15) is 23.2 Å². The van der Waals surface area contributed by atoms with Gasteiger partial charge in [0.1, 0.15) is 0 Å². The molecule has 0 saturated carbocycles. The molecule has 1 aromatic rings. The van der Waals surface area contributed by atoms with Gasteiger partial charge in [0.05, 0.1) is 34.5 Å². The molecule has 1 aliphatic heterocycles. The van der Waals surface area contributed by atoms with Crippen molar-refractivity contribution in [2.45, 2.75) is 19.1 Å². The number of nitrogens with one attached hydrogen (secondary N) is 1. The maximum atomic E-state index is 12.3. The number of hydrogen-bond donors (Lipinski definition) is 1. The Labute approximate surface area is 135 Å². The summed E-state index contributed by atoms with van der Waals surface area (Å²) in [5.41, 5.74) is 0.435. The maximum Gasteiger partial charge on any atom is 0.251 e. The SMILES string of the molecule is COc1cc(C(=O)NCCC2OCCCO2)cc(OC)c1OC. The third kappa shape index (κ3) is 4.49. The minimum Gasteiger partial charge on any atom is -0.493 e. The zero-order valence-electron chi connectivity index (χ0n) is 13.7. The number of methoxy groups -OCH3 is 3. The molecule has 1 heterocycles. The molecule has 1 fully saturated rings. The van der Waals surface area contributed by atoms with Gasteiger partial charge in [-0.25, -0.2) is 0 Å². The van der Waals surface area contributed by atoms with E-state index in [0.717, 1.165) is 6.42 Å². The molecule has 2 rings (SSSR count). The second-order valence-electron chi connectivity index (χ2n) is 4.98. The number of rotatable bonds is 7. The van der Waals surface area contributed by atoms with Gasteiger partial charge in [0, 0.05) is 18.5 Å². The van der Waals surface area contributed by atoms with Crippen molar-refractivity contribution in [1.82, 2.24) is 5.32 Å². The Morgan fingerprint density at radius 3 is 2.26 bits per heavy atom. The van der Waals surface area contributed by atoms with Crippen molar-refractivity contribution in [2.75, 3.05) is 41.1 Å². The van der Waals surface area contributed by atoms with Gasteiger partial charge >= 0.3 is 0 Å². The van der Waals surface area contributed by atoms with Crippen molar-refractivity contribution >= 4 is 5.91 Å². The minimum atomic E-state index is -0.246. The van der Waals surface area contributed by atoms with Crippen LogP contribution in [-0.4, -0.2) is 53.3 Å². The number of ether oxygens (including phenoxy) is 5. The number of benzene rings is 1. The zero-order chi connectivity index (χ0) is 16.7. The molecule has 23 heavy (non-hydrogen) atoms. The van der Waals surface area contributed by atoms with Gasteiger partial charge in [-0.2, -0.15) is 0 Å². The van der Waals surface area contributed by atoms with Gasteiger partial charge in [-0.1, -0.05) is 0 Å². The highest BCUT2D eigenvalue weighted by atomic mass is 16.7. The van der Waals surface area contributed by atoms with Crippen LogP contribution in [0.25, 0.3) is 0 Å². The highest BCUT2D eigenvalue weighted by Gasteiger charge is 2.18. The summed E-state index contributed by atoms with van der Waals surface area (Å²) in [5.74, 6) is 1.11. The van der Waals surface area contributed by atoms with Crippen LogP contribution in [-0.2, 0) is 9.47 Å². The molecule has 7 heteroatoms. The molecule has 0 spiro atoms. The standard InChI is InChI=1S/C16H23NO6/c1-19-12-9-11(10-13(20-2)15(12)21-3)16(18)17-6-5-14-22-7-4-8-23-14/h9-10,14H,4-8H2,1-3H3,(H,17,18). The predicted molar refractivity (Wildman–Crippen MR) is 83.4 cm³/mol. The van der Waals surface area contributed by atoms with E-state index in [4.69, 9.17) is 23.7 Å². The van der Waals surface area contributed by atoms with Crippen molar-refractivity contribution in [2.24, 2.45) is 0 Å². The van der Waals surface area contributed by atoms with Crippen LogP contribution in [0.15, 0.2) is 12.1 Å². The van der Waals surface area contributed by atoms with Crippen LogP contribution < -0.4 is 19.5 Å². The van der Waals surface area contributed by atoms with Crippen LogP contribution in [0.2, 0.25) is 0 Å². The molecule has 0 radical (unpaired) electrons. The zero-order valence-corrected chi connectivity index (χ0v) is 13.7. The molecule has 0 unspecified atom stereocenters. The third-order valence-electron chi connectivity index (χ3n) is 3.49. The number of hydrogen-bond acceptors (Lipinski definition) is 6. The fourth-order valence-corrected chi connectivity index (χ4v) is 2.32. The Hall–Kier alpha value is -1.99. The highest BCUT2D eigenvalue weighted by Crippen LogP contribution is 2.38. The summed E-state index contributed by atoms with van der Waals surface area (Å²) >= 11 is 0. The van der Waals surface area contributed by atoms with Crippen molar-refractivity contribution in [3.05, 3.63) is 17.7 Å². The van der Waals surface area contributed by atoms with Gasteiger partial charge in [-0.3, -0.25) is 4.79 Å². The summed E-state index contributed by atoms with van der Waals surface area (Å²) in [5, 5.41) is 2.84. The first-order chi connectivity index (χ1) is 11.2. The van der Waals surface area contributed by atoms with E-state index in [0.29, 0.717) is 49.0 Å². The summed E-state index contributed by atoms with van der Waals surface area (Å²) in [4.78, 5) is 12.3. The molecule has 0 bridgehead atoms. The minimum absolute atomic E-state index is 0.222. The van der Waals surface area contributed by atoms with Gasteiger partial charge in [-0.15, -0.1) is 0 Å². The molecule has 1 aromatic carbocycles. The number of carbonyl (C=O) groups excluding carboxylic acids is 1. The van der Waals surface area contributed by atoms with Crippen LogP contribution in [0.3, 0.4) is 0 Å².